The Morgan fingerprint density at radius 1 is 0.877 bits per heavy atom. The number of rotatable bonds is 30. The van der Waals surface area contributed by atoms with Crippen LogP contribution in [0.4, 0.5) is 15.3 Å². The number of carbonyl (C=O) groups excluding carboxylic acids is 9. The molecule has 11 N–H and O–H groups in total. The third-order valence-corrected chi connectivity index (χ3v) is 14.3. The van der Waals surface area contributed by atoms with Crippen molar-refractivity contribution in [3.8, 4) is 0 Å². The molecule has 0 aliphatic carbocycles. The number of hydrogen-bond acceptors (Lipinski definition) is 16. The predicted molar refractivity (Wildman–Crippen MR) is 302 cm³/mol. The molecule has 1 spiro atoms. The average Bonchev–Trinajstić information content (AvgIpc) is 4.26. The van der Waals surface area contributed by atoms with Crippen molar-refractivity contribution in [2.24, 2.45) is 17.6 Å². The minimum atomic E-state index is -1.06. The summed E-state index contributed by atoms with van der Waals surface area (Å²) >= 11 is 1.44. The predicted octanol–water partition coefficient (Wildman–Crippen LogP) is 3.37. The number of amides is 9. The maximum absolute atomic E-state index is 13.6. The summed E-state index contributed by atoms with van der Waals surface area (Å²) in [6.07, 6.45) is 10.1. The molecular formula is C56H85N9O15S. The minimum Gasteiger partial charge on any atom is -0.459 e. The third-order valence-electron chi connectivity index (χ3n) is 13.8. The molecule has 0 radical (unpaired) electrons. The number of primary amides is 1. The first-order chi connectivity index (χ1) is 38.5. The normalized spacial score (nSPS) is 23.6. The number of ether oxygens (including phenoxy) is 5. The molecular weight excluding hydrogens is 1070 g/mol. The van der Waals surface area contributed by atoms with Crippen molar-refractivity contribution in [2.75, 3.05) is 37.0 Å². The van der Waals surface area contributed by atoms with E-state index in [1.54, 1.807) is 51.1 Å². The molecule has 4 rings (SSSR count). The number of allylic oxidation sites excluding steroid dienone is 2. The van der Waals surface area contributed by atoms with E-state index in [0.717, 1.165) is 5.57 Å². The first kappa shape index (κ1) is 67.0. The van der Waals surface area contributed by atoms with E-state index in [1.165, 1.54) is 30.8 Å². The lowest BCUT2D eigenvalue weighted by molar-refractivity contribution is -0.146. The van der Waals surface area contributed by atoms with Crippen LogP contribution in [0.15, 0.2) is 60.2 Å². The molecule has 0 unspecified atom stereocenters. The van der Waals surface area contributed by atoms with Gasteiger partial charge in [-0.3, -0.25) is 39.0 Å². The van der Waals surface area contributed by atoms with Crippen molar-refractivity contribution in [3.05, 3.63) is 65.8 Å². The zero-order valence-corrected chi connectivity index (χ0v) is 48.6. The summed E-state index contributed by atoms with van der Waals surface area (Å²) < 4.78 is 28.5. The zero-order valence-electron chi connectivity index (χ0n) is 47.8. The molecule has 11 atom stereocenters. The van der Waals surface area contributed by atoms with Crippen molar-refractivity contribution >= 4 is 71.0 Å². The number of carbonyl (C=O) groups is 9. The van der Waals surface area contributed by atoms with E-state index in [9.17, 15) is 48.3 Å². The van der Waals surface area contributed by atoms with Crippen LogP contribution >= 0.6 is 11.8 Å². The van der Waals surface area contributed by atoms with E-state index in [-0.39, 0.29) is 93.1 Å². The molecule has 1 aromatic rings. The van der Waals surface area contributed by atoms with Gasteiger partial charge in [-0.2, -0.15) is 11.8 Å². The van der Waals surface area contributed by atoms with Crippen LogP contribution in [0.1, 0.15) is 118 Å². The first-order valence-corrected chi connectivity index (χ1v) is 29.0. The Balaban J connectivity index is 1.21. The van der Waals surface area contributed by atoms with Gasteiger partial charge in [0.25, 0.3) is 0 Å². The number of epoxide rings is 1. The summed E-state index contributed by atoms with van der Waals surface area (Å²) in [6, 6.07) is 3.42. The quantitative estimate of drug-likeness (QED) is 0.0132. The van der Waals surface area contributed by atoms with Crippen molar-refractivity contribution in [2.45, 2.75) is 180 Å². The molecule has 3 heterocycles. The molecule has 1 aromatic carbocycles. The van der Waals surface area contributed by atoms with Gasteiger partial charge in [0.05, 0.1) is 43.1 Å². The second-order valence-electron chi connectivity index (χ2n) is 21.2. The third kappa shape index (κ3) is 24.6. The van der Waals surface area contributed by atoms with Gasteiger partial charge in [0.2, 0.25) is 35.4 Å². The summed E-state index contributed by atoms with van der Waals surface area (Å²) in [5, 5.41) is 27.7. The van der Waals surface area contributed by atoms with Gasteiger partial charge in [-0.15, -0.1) is 0 Å². The molecule has 0 aromatic heterocycles. The number of nitrogens with one attached hydrogen (secondary N) is 8. The number of benzene rings is 1. The molecule has 3 aliphatic rings. The van der Waals surface area contributed by atoms with Crippen molar-refractivity contribution in [1.29, 1.82) is 0 Å². The number of hydrogen-bond donors (Lipinski definition) is 10. The van der Waals surface area contributed by atoms with Crippen LogP contribution < -0.4 is 48.5 Å². The Kier molecular flexibility index (Phi) is 28.1. The van der Waals surface area contributed by atoms with Gasteiger partial charge in [-0.1, -0.05) is 63.1 Å². The number of nitrogens with two attached hydrogens (primary N) is 1. The summed E-state index contributed by atoms with van der Waals surface area (Å²) in [4.78, 5) is 112. The molecule has 9 amide bonds. The summed E-state index contributed by atoms with van der Waals surface area (Å²) in [6.45, 7) is 13.2. The maximum atomic E-state index is 13.6. The van der Waals surface area contributed by atoms with Crippen LogP contribution in [0.25, 0.3) is 0 Å². The standard InChI is InChI=1S/C56H85N9O15S/c1-33(2)50(63-46(67)14-10-9-11-25-58-49(70)31-81-8)53(73)62-42(13-12-26-59-54(57)74)52(72)60-40-20-18-39(19-21-40)30-76-55(75)65-64-48(69)28-41-29-56(32-77-56)51(71)45(80-41)23-16-34(3)15-22-44-35(4)27-43(37(6)79-44)61-47(68)24-17-36(5)78-38(7)66/h15-21,23-24,33,35-37,41-45,50-51,71H,9-14,22,25-32H2,1-8H3,(H,58,70)(H,60,72)(H,61,68)(H,62,73)(H,63,67)(H,64,69)(H,65,75)(H3,57,59,74)/b23-16+,24-17-,34-15+/t35-,36-,37+,41+,42-,43+,44-,45+,50+,51+,56+/m0/s1. The fourth-order valence-electron chi connectivity index (χ4n) is 9.19. The topological polar surface area (TPSA) is 346 Å². The molecule has 3 fully saturated rings. The van der Waals surface area contributed by atoms with Gasteiger partial charge in [0, 0.05) is 44.6 Å². The maximum Gasteiger partial charge on any atom is 0.426 e. The Morgan fingerprint density at radius 3 is 2.26 bits per heavy atom. The van der Waals surface area contributed by atoms with Gasteiger partial charge in [0.15, 0.2) is 0 Å². The van der Waals surface area contributed by atoms with Crippen molar-refractivity contribution in [1.82, 2.24) is 37.4 Å². The smallest absolute Gasteiger partial charge is 0.426 e. The second kappa shape index (κ2) is 34.0. The highest BCUT2D eigenvalue weighted by atomic mass is 32.2. The lowest BCUT2D eigenvalue weighted by atomic mass is 9.87. The van der Waals surface area contributed by atoms with E-state index < -0.39 is 77.9 Å². The lowest BCUT2D eigenvalue weighted by Gasteiger charge is -2.39. The monoisotopic (exact) mass is 1160 g/mol. The van der Waals surface area contributed by atoms with Crippen molar-refractivity contribution < 1.29 is 71.9 Å². The number of aliphatic hydroxyl groups excluding tert-OH is 1. The van der Waals surface area contributed by atoms with Gasteiger partial charge in [0.1, 0.15) is 42.6 Å². The van der Waals surface area contributed by atoms with Gasteiger partial charge in [-0.25, -0.2) is 15.0 Å². The molecule has 81 heavy (non-hydrogen) atoms. The Bertz CT molecular complexity index is 2380. The average molecular weight is 1160 g/mol. The van der Waals surface area contributed by atoms with E-state index >= 15 is 0 Å². The summed E-state index contributed by atoms with van der Waals surface area (Å²) in [7, 11) is 0. The number of thioether (sulfide) groups is 1. The lowest BCUT2D eigenvalue weighted by Crippen LogP contribution is -2.54. The van der Waals surface area contributed by atoms with Crippen LogP contribution in [0.5, 0.6) is 0 Å². The highest BCUT2D eigenvalue weighted by Gasteiger charge is 2.58. The number of unbranched alkanes of at least 4 members (excludes halogenated alkanes) is 2. The Labute approximate surface area is 478 Å². The highest BCUT2D eigenvalue weighted by Crippen LogP contribution is 2.43. The van der Waals surface area contributed by atoms with Crippen LogP contribution in [0, 0.1) is 11.8 Å². The molecule has 25 heteroatoms. The van der Waals surface area contributed by atoms with Crippen LogP contribution in [0.2, 0.25) is 0 Å². The largest absolute Gasteiger partial charge is 0.459 e. The molecule has 450 valence electrons. The summed E-state index contributed by atoms with van der Waals surface area (Å²) in [5.74, 6) is -2.58. The number of urea groups is 1. The number of anilines is 1. The van der Waals surface area contributed by atoms with Gasteiger partial charge >= 0.3 is 18.1 Å². The fraction of sp³-hybridized carbons (Fsp3) is 0.625. The zero-order chi connectivity index (χ0) is 59.6. The Hall–Kier alpha value is -6.54. The minimum absolute atomic E-state index is 0.0392. The van der Waals surface area contributed by atoms with Gasteiger partial charge < -0.3 is 66.4 Å². The fourth-order valence-corrected chi connectivity index (χ4v) is 9.55. The molecule has 24 nitrogen and oxygen atoms in total. The number of esters is 1. The molecule has 3 saturated heterocycles. The number of aliphatic hydroxyl groups is 1. The summed E-state index contributed by atoms with van der Waals surface area (Å²) in [5.41, 5.74) is 10.7. The van der Waals surface area contributed by atoms with Crippen molar-refractivity contribution in [3.63, 3.8) is 0 Å². The molecule has 0 saturated carbocycles. The highest BCUT2D eigenvalue weighted by molar-refractivity contribution is 7.99. The van der Waals surface area contributed by atoms with E-state index in [0.29, 0.717) is 62.3 Å². The van der Waals surface area contributed by atoms with Crippen LogP contribution in [-0.2, 0) is 63.9 Å². The second-order valence-corrected chi connectivity index (χ2v) is 22.0. The number of hydrazine groups is 1. The molecule has 0 bridgehead atoms. The Morgan fingerprint density at radius 2 is 1.59 bits per heavy atom. The SMILES string of the molecule is CSCC(=O)NCCCCCC(=O)N[C@@H](C(=O)N[C@@H](CCCNC(N)=O)C(=O)Nc1ccc(COC(=O)NNC(=O)C[C@@H]2C[C@@]3(CO3)[C@H](O)[C@@H](/C=C/C(C)=C/C[C@@H]3O[C@H](C)[C@H](NC(=O)/C=C\[C@H](C)OC(C)=O)C[C@@H]3C)O2)cc1)C(C)C. The van der Waals surface area contributed by atoms with E-state index in [1.807, 2.05) is 32.3 Å². The van der Waals surface area contributed by atoms with Gasteiger partial charge in [-0.05, 0) is 101 Å². The first-order valence-electron chi connectivity index (χ1n) is 27.6. The van der Waals surface area contributed by atoms with Crippen LogP contribution in [0.3, 0.4) is 0 Å². The molecule has 3 aliphatic heterocycles. The van der Waals surface area contributed by atoms with E-state index in [2.05, 4.69) is 49.7 Å². The van der Waals surface area contributed by atoms with E-state index in [4.69, 9.17) is 29.4 Å². The van der Waals surface area contributed by atoms with Crippen LogP contribution in [-0.4, -0.2) is 151 Å².